The van der Waals surface area contributed by atoms with E-state index in [2.05, 4.69) is 9.71 Å². The number of hydrogen-bond donors (Lipinski definition) is 1. The molecule has 110 valence electrons. The molecule has 1 N–H and O–H groups in total. The molecule has 0 heterocycles. The van der Waals surface area contributed by atoms with Crippen LogP contribution >= 0.6 is 0 Å². The van der Waals surface area contributed by atoms with Gasteiger partial charge in [-0.2, -0.15) is 4.99 Å². The number of rotatable bonds is 7. The quantitative estimate of drug-likeness (QED) is 0.608. The van der Waals surface area contributed by atoms with Gasteiger partial charge < -0.3 is 4.90 Å². The monoisotopic (exact) mass is 297 g/mol. The highest BCUT2D eigenvalue weighted by atomic mass is 32.2. The molecule has 0 spiro atoms. The highest BCUT2D eigenvalue weighted by Gasteiger charge is 2.07. The fourth-order valence-electron chi connectivity index (χ4n) is 1.85. The summed E-state index contributed by atoms with van der Waals surface area (Å²) in [4.78, 5) is 15.9. The van der Waals surface area contributed by atoms with Crippen LogP contribution in [0.3, 0.4) is 0 Å². The molecule has 1 rings (SSSR count). The number of aliphatic imine (C=N–C) groups is 1. The van der Waals surface area contributed by atoms with Gasteiger partial charge in [0.25, 0.3) is 0 Å². The van der Waals surface area contributed by atoms with Gasteiger partial charge in [0.05, 0.1) is 11.9 Å². The lowest BCUT2D eigenvalue weighted by Crippen LogP contribution is -2.34. The van der Waals surface area contributed by atoms with E-state index in [1.165, 1.54) is 6.08 Å². The van der Waals surface area contributed by atoms with Gasteiger partial charge in [0, 0.05) is 25.3 Å². The molecule has 0 bridgehead atoms. The van der Waals surface area contributed by atoms with Crippen LogP contribution in [0, 0.1) is 6.92 Å². The summed E-state index contributed by atoms with van der Waals surface area (Å²) in [6.07, 6.45) is 2.66. The molecule has 0 amide bonds. The molecule has 0 atom stereocenters. The van der Waals surface area contributed by atoms with Gasteiger partial charge in [0.1, 0.15) is 0 Å². The minimum absolute atomic E-state index is 0.347. The Bertz CT molecular complexity index is 607. The molecule has 0 saturated heterocycles. The van der Waals surface area contributed by atoms with Crippen molar-refractivity contribution in [1.82, 2.24) is 4.72 Å². The van der Waals surface area contributed by atoms with Crippen molar-refractivity contribution in [3.8, 4) is 0 Å². The van der Waals surface area contributed by atoms with Gasteiger partial charge >= 0.3 is 0 Å². The Morgan fingerprint density at radius 3 is 2.60 bits per heavy atom. The molecule has 0 aliphatic carbocycles. The smallest absolute Gasteiger partial charge is 0.240 e. The van der Waals surface area contributed by atoms with E-state index in [0.29, 0.717) is 18.8 Å². The number of nitrogens with zero attached hydrogens (tertiary/aromatic N) is 2. The first kappa shape index (κ1) is 16.4. The molecule has 0 unspecified atom stereocenters. The number of aryl methyl sites for hydroxylation is 1. The minimum Gasteiger partial charge on any atom is -0.370 e. The van der Waals surface area contributed by atoms with Gasteiger partial charge in [-0.1, -0.05) is 0 Å². The summed E-state index contributed by atoms with van der Waals surface area (Å²) in [6, 6.07) is 5.52. The van der Waals surface area contributed by atoms with E-state index in [0.717, 1.165) is 24.1 Å². The molecule has 0 saturated carbocycles. The Balaban J connectivity index is 2.80. The second kappa shape index (κ2) is 7.19. The van der Waals surface area contributed by atoms with Gasteiger partial charge in [-0.05, 0) is 37.6 Å². The zero-order chi connectivity index (χ0) is 15.2. The van der Waals surface area contributed by atoms with E-state index in [1.807, 2.05) is 30.9 Å². The lowest BCUT2D eigenvalue weighted by atomic mass is 10.1. The minimum atomic E-state index is -3.17. The van der Waals surface area contributed by atoms with Gasteiger partial charge in [-0.3, -0.25) is 0 Å². The predicted octanol–water partition coefficient (Wildman–Crippen LogP) is 1.34. The van der Waals surface area contributed by atoms with E-state index < -0.39 is 10.0 Å². The number of carbonyl (C=O) groups excluding carboxylic acids is 1. The van der Waals surface area contributed by atoms with Crippen molar-refractivity contribution < 1.29 is 13.2 Å². The number of sulfonamides is 1. The van der Waals surface area contributed by atoms with E-state index in [1.54, 1.807) is 6.07 Å². The summed E-state index contributed by atoms with van der Waals surface area (Å²) >= 11 is 0. The molecule has 0 fully saturated rings. The molecule has 0 aliphatic rings. The maximum absolute atomic E-state index is 11.0. The third-order valence-electron chi connectivity index (χ3n) is 2.84. The summed E-state index contributed by atoms with van der Waals surface area (Å²) in [5, 5.41) is 0. The number of nitrogens with one attached hydrogen (secondary N) is 1. The van der Waals surface area contributed by atoms with Gasteiger partial charge in [0.15, 0.2) is 0 Å². The van der Waals surface area contributed by atoms with E-state index in [-0.39, 0.29) is 0 Å². The van der Waals surface area contributed by atoms with E-state index in [4.69, 9.17) is 0 Å². The fourth-order valence-corrected chi connectivity index (χ4v) is 2.31. The molecular weight excluding hydrogens is 278 g/mol. The van der Waals surface area contributed by atoms with Crippen LogP contribution in [-0.4, -0.2) is 40.4 Å². The van der Waals surface area contributed by atoms with Crippen LogP contribution in [0.15, 0.2) is 23.2 Å². The molecule has 0 aromatic heterocycles. The van der Waals surface area contributed by atoms with Crippen LogP contribution < -0.4 is 9.62 Å². The summed E-state index contributed by atoms with van der Waals surface area (Å²) in [7, 11) is -3.17. The van der Waals surface area contributed by atoms with Crippen molar-refractivity contribution in [3.05, 3.63) is 23.8 Å². The first-order valence-electron chi connectivity index (χ1n) is 6.25. The van der Waals surface area contributed by atoms with Crippen LogP contribution in [0.2, 0.25) is 0 Å². The number of hydrogen-bond acceptors (Lipinski definition) is 5. The third kappa shape index (κ3) is 5.13. The average molecular weight is 297 g/mol. The highest BCUT2D eigenvalue weighted by Crippen LogP contribution is 2.24. The molecule has 7 heteroatoms. The molecular formula is C13H19N3O3S. The van der Waals surface area contributed by atoms with Crippen molar-refractivity contribution >= 4 is 27.5 Å². The second-order valence-corrected chi connectivity index (χ2v) is 6.25. The summed E-state index contributed by atoms with van der Waals surface area (Å²) < 4.78 is 24.5. The molecule has 0 radical (unpaired) electrons. The molecule has 1 aromatic carbocycles. The molecule has 20 heavy (non-hydrogen) atoms. The van der Waals surface area contributed by atoms with Crippen molar-refractivity contribution in [2.75, 3.05) is 30.8 Å². The van der Waals surface area contributed by atoms with Crippen molar-refractivity contribution in [2.45, 2.75) is 13.8 Å². The number of anilines is 1. The molecule has 1 aromatic rings. The molecule has 6 nitrogen and oxygen atoms in total. The third-order valence-corrected chi connectivity index (χ3v) is 3.57. The zero-order valence-electron chi connectivity index (χ0n) is 11.9. The summed E-state index contributed by atoms with van der Waals surface area (Å²) in [6.45, 7) is 5.52. The Labute approximate surface area is 119 Å². The lowest BCUT2D eigenvalue weighted by molar-refractivity contribution is 0.565. The normalized spacial score (nSPS) is 10.9. The lowest BCUT2D eigenvalue weighted by Gasteiger charge is -2.23. The van der Waals surface area contributed by atoms with E-state index >= 15 is 0 Å². The Morgan fingerprint density at radius 2 is 2.10 bits per heavy atom. The van der Waals surface area contributed by atoms with Gasteiger partial charge in [0.2, 0.25) is 16.1 Å². The topological polar surface area (TPSA) is 78.8 Å². The maximum Gasteiger partial charge on any atom is 0.240 e. The first-order chi connectivity index (χ1) is 9.37. The highest BCUT2D eigenvalue weighted by molar-refractivity contribution is 7.88. The number of likely N-dealkylation sites (N-methyl/N-ethyl adjacent to an activating group) is 1. The largest absolute Gasteiger partial charge is 0.370 e. The van der Waals surface area contributed by atoms with Crippen LogP contribution in [0.5, 0.6) is 0 Å². The van der Waals surface area contributed by atoms with Crippen LogP contribution in [-0.2, 0) is 14.8 Å². The van der Waals surface area contributed by atoms with Crippen LogP contribution in [0.25, 0.3) is 0 Å². The van der Waals surface area contributed by atoms with Crippen LogP contribution in [0.1, 0.15) is 12.5 Å². The fraction of sp³-hybridized carbons (Fsp3) is 0.462. The zero-order valence-corrected chi connectivity index (χ0v) is 12.7. The van der Waals surface area contributed by atoms with Gasteiger partial charge in [-0.15, -0.1) is 0 Å². The summed E-state index contributed by atoms with van der Waals surface area (Å²) in [5.74, 6) is 0. The van der Waals surface area contributed by atoms with Crippen molar-refractivity contribution in [1.29, 1.82) is 0 Å². The number of isocyanates is 1. The van der Waals surface area contributed by atoms with Crippen molar-refractivity contribution in [2.24, 2.45) is 4.99 Å². The van der Waals surface area contributed by atoms with Crippen LogP contribution in [0.4, 0.5) is 11.4 Å². The SMILES string of the molecule is CCN(CCNS(C)(=O)=O)c1ccc(N=C=O)c(C)c1. The predicted molar refractivity (Wildman–Crippen MR) is 79.7 cm³/mol. The summed E-state index contributed by atoms with van der Waals surface area (Å²) in [5.41, 5.74) is 2.43. The maximum atomic E-state index is 11.0. The first-order valence-corrected chi connectivity index (χ1v) is 8.14. The van der Waals surface area contributed by atoms with E-state index in [9.17, 15) is 13.2 Å². The average Bonchev–Trinajstić information content (AvgIpc) is 2.36. The molecule has 0 aliphatic heterocycles. The van der Waals surface area contributed by atoms with Gasteiger partial charge in [-0.25, -0.2) is 17.9 Å². The number of benzene rings is 1. The Kier molecular flexibility index (Phi) is 5.88. The Hall–Kier alpha value is -1.69. The standard InChI is InChI=1S/C13H19N3O3S/c1-4-16(8-7-15-20(3,18)19)12-5-6-13(14-10-17)11(2)9-12/h5-6,9,15H,4,7-8H2,1-3H3. The Morgan fingerprint density at radius 1 is 1.40 bits per heavy atom. The second-order valence-electron chi connectivity index (χ2n) is 4.42. The van der Waals surface area contributed by atoms with Crippen molar-refractivity contribution in [3.63, 3.8) is 0 Å².